The second-order valence-electron chi connectivity index (χ2n) is 8.37. The fraction of sp³-hybridized carbons (Fsp3) is 0.652. The lowest BCUT2D eigenvalue weighted by atomic mass is 9.89. The second kappa shape index (κ2) is 12.1. The standard InChI is InChI=1S/C23H32Cl2N2O2S/c24-17-13-14-21(20(25)16-17)29-15-7-12-22(28)26-23(30)27(18-8-3-1-4-9-18)19-10-5-2-6-11-19/h13-14,16,18-19H,1-12,15H2,(H,26,28,30). The van der Waals surface area contributed by atoms with E-state index in [1.807, 2.05) is 0 Å². The maximum atomic E-state index is 12.5. The molecule has 1 N–H and O–H groups in total. The number of halogens is 2. The summed E-state index contributed by atoms with van der Waals surface area (Å²) in [4.78, 5) is 14.9. The summed E-state index contributed by atoms with van der Waals surface area (Å²) in [5.74, 6) is 0.542. The Balaban J connectivity index is 1.47. The summed E-state index contributed by atoms with van der Waals surface area (Å²) in [5, 5.41) is 4.68. The van der Waals surface area contributed by atoms with Gasteiger partial charge in [0.15, 0.2) is 5.11 Å². The van der Waals surface area contributed by atoms with Crippen molar-refractivity contribution in [3.05, 3.63) is 28.2 Å². The molecule has 0 atom stereocenters. The summed E-state index contributed by atoms with van der Waals surface area (Å²) in [5.41, 5.74) is 0. The molecule has 166 valence electrons. The maximum absolute atomic E-state index is 12.5. The number of hydrogen-bond acceptors (Lipinski definition) is 3. The van der Waals surface area contributed by atoms with Gasteiger partial charge in [-0.05, 0) is 62.5 Å². The lowest BCUT2D eigenvalue weighted by molar-refractivity contribution is -0.120. The number of rotatable bonds is 7. The molecule has 0 heterocycles. The number of nitrogens with one attached hydrogen (secondary N) is 1. The highest BCUT2D eigenvalue weighted by atomic mass is 35.5. The first-order valence-electron chi connectivity index (χ1n) is 11.2. The highest BCUT2D eigenvalue weighted by molar-refractivity contribution is 7.80. The number of ether oxygens (including phenoxy) is 1. The predicted octanol–water partition coefficient (Wildman–Crippen LogP) is 6.52. The Hall–Kier alpha value is -1.04. The molecule has 0 spiro atoms. The number of benzene rings is 1. The zero-order valence-corrected chi connectivity index (χ0v) is 19.8. The molecule has 30 heavy (non-hydrogen) atoms. The summed E-state index contributed by atoms with van der Waals surface area (Å²) in [6.07, 6.45) is 13.4. The van der Waals surface area contributed by atoms with Gasteiger partial charge in [0.25, 0.3) is 0 Å². The predicted molar refractivity (Wildman–Crippen MR) is 128 cm³/mol. The SMILES string of the molecule is O=C(CCCOc1ccc(Cl)cc1Cl)NC(=S)N(C1CCCCC1)C1CCCCC1. The van der Waals surface area contributed by atoms with Crippen molar-refractivity contribution < 1.29 is 9.53 Å². The van der Waals surface area contributed by atoms with Gasteiger partial charge in [-0.1, -0.05) is 61.7 Å². The zero-order valence-electron chi connectivity index (χ0n) is 17.5. The van der Waals surface area contributed by atoms with Crippen molar-refractivity contribution in [1.82, 2.24) is 10.2 Å². The van der Waals surface area contributed by atoms with Crippen LogP contribution in [0.2, 0.25) is 10.0 Å². The minimum absolute atomic E-state index is 0.0394. The molecule has 0 unspecified atom stereocenters. The number of thiocarbonyl (C=S) groups is 1. The third-order valence-corrected chi connectivity index (χ3v) is 6.96. The highest BCUT2D eigenvalue weighted by Crippen LogP contribution is 2.30. The van der Waals surface area contributed by atoms with Crippen molar-refractivity contribution in [3.8, 4) is 5.75 Å². The van der Waals surface area contributed by atoms with Crippen LogP contribution in [0.1, 0.15) is 77.0 Å². The summed E-state index contributed by atoms with van der Waals surface area (Å²) < 4.78 is 5.67. The summed E-state index contributed by atoms with van der Waals surface area (Å²) in [6.45, 7) is 0.413. The Bertz CT molecular complexity index is 701. The van der Waals surface area contributed by atoms with Gasteiger partial charge < -0.3 is 15.0 Å². The first-order valence-corrected chi connectivity index (χ1v) is 12.4. The molecule has 2 fully saturated rings. The van der Waals surface area contributed by atoms with Crippen LogP contribution in [0.4, 0.5) is 0 Å². The van der Waals surface area contributed by atoms with E-state index in [-0.39, 0.29) is 5.91 Å². The summed E-state index contributed by atoms with van der Waals surface area (Å²) in [6, 6.07) is 6.08. The maximum Gasteiger partial charge on any atom is 0.226 e. The van der Waals surface area contributed by atoms with Crippen molar-refractivity contribution in [2.45, 2.75) is 89.1 Å². The molecule has 2 saturated carbocycles. The Morgan fingerprint density at radius 1 is 1.03 bits per heavy atom. The molecule has 4 nitrogen and oxygen atoms in total. The van der Waals surface area contributed by atoms with E-state index in [0.29, 0.717) is 52.4 Å². The van der Waals surface area contributed by atoms with Crippen LogP contribution in [0, 0.1) is 0 Å². The van der Waals surface area contributed by atoms with Crippen molar-refractivity contribution in [1.29, 1.82) is 0 Å². The Morgan fingerprint density at radius 3 is 2.20 bits per heavy atom. The quantitative estimate of drug-likeness (QED) is 0.363. The molecule has 0 saturated heterocycles. The lowest BCUT2D eigenvalue weighted by Crippen LogP contribution is -2.53. The summed E-state index contributed by atoms with van der Waals surface area (Å²) in [7, 11) is 0. The van der Waals surface area contributed by atoms with Crippen molar-refractivity contribution in [2.24, 2.45) is 0 Å². The number of carbonyl (C=O) groups excluding carboxylic acids is 1. The third-order valence-electron chi connectivity index (χ3n) is 6.12. The fourth-order valence-corrected chi connectivity index (χ4v) is 5.48. The average Bonchev–Trinajstić information content (AvgIpc) is 2.74. The van der Waals surface area contributed by atoms with Gasteiger partial charge in [-0.2, -0.15) is 0 Å². The molecule has 3 rings (SSSR count). The van der Waals surface area contributed by atoms with Gasteiger partial charge in [-0.25, -0.2) is 0 Å². The molecule has 0 bridgehead atoms. The monoisotopic (exact) mass is 470 g/mol. The first-order chi connectivity index (χ1) is 14.5. The van der Waals surface area contributed by atoms with E-state index >= 15 is 0 Å². The molecule has 0 aromatic heterocycles. The number of hydrogen-bond donors (Lipinski definition) is 1. The highest BCUT2D eigenvalue weighted by Gasteiger charge is 2.31. The van der Waals surface area contributed by atoms with Crippen LogP contribution in [0.15, 0.2) is 18.2 Å². The van der Waals surface area contributed by atoms with E-state index in [2.05, 4.69) is 10.2 Å². The number of carbonyl (C=O) groups is 1. The van der Waals surface area contributed by atoms with Crippen LogP contribution < -0.4 is 10.1 Å². The third kappa shape index (κ3) is 7.00. The van der Waals surface area contributed by atoms with E-state index < -0.39 is 0 Å². The van der Waals surface area contributed by atoms with Gasteiger partial charge >= 0.3 is 0 Å². The van der Waals surface area contributed by atoms with Crippen LogP contribution in [0.3, 0.4) is 0 Å². The van der Waals surface area contributed by atoms with Gasteiger partial charge in [0, 0.05) is 23.5 Å². The molecule has 1 aromatic carbocycles. The van der Waals surface area contributed by atoms with Crippen LogP contribution in [-0.2, 0) is 4.79 Å². The Morgan fingerprint density at radius 2 is 1.63 bits per heavy atom. The topological polar surface area (TPSA) is 41.6 Å². The molecule has 0 aliphatic heterocycles. The van der Waals surface area contributed by atoms with E-state index in [4.69, 9.17) is 40.2 Å². The minimum Gasteiger partial charge on any atom is -0.492 e. The second-order valence-corrected chi connectivity index (χ2v) is 9.60. The van der Waals surface area contributed by atoms with Crippen LogP contribution in [-0.4, -0.2) is 34.6 Å². The molecular weight excluding hydrogens is 439 g/mol. The van der Waals surface area contributed by atoms with Gasteiger partial charge in [-0.3, -0.25) is 4.79 Å². The number of amides is 1. The van der Waals surface area contributed by atoms with Crippen molar-refractivity contribution >= 4 is 46.4 Å². The largest absolute Gasteiger partial charge is 0.492 e. The molecular formula is C23H32Cl2N2O2S. The Labute approximate surface area is 195 Å². The molecule has 7 heteroatoms. The van der Waals surface area contributed by atoms with Gasteiger partial charge in [-0.15, -0.1) is 0 Å². The van der Waals surface area contributed by atoms with Crippen molar-refractivity contribution in [3.63, 3.8) is 0 Å². The summed E-state index contributed by atoms with van der Waals surface area (Å²) >= 11 is 17.7. The van der Waals surface area contributed by atoms with Crippen LogP contribution in [0.5, 0.6) is 5.75 Å². The number of nitrogens with zero attached hydrogens (tertiary/aromatic N) is 1. The van der Waals surface area contributed by atoms with E-state index in [9.17, 15) is 4.79 Å². The van der Waals surface area contributed by atoms with E-state index in [0.717, 1.165) is 0 Å². The molecule has 1 aromatic rings. The first kappa shape index (κ1) is 23.6. The Kier molecular flexibility index (Phi) is 9.54. The fourth-order valence-electron chi connectivity index (χ4n) is 4.60. The average molecular weight is 471 g/mol. The molecule has 2 aliphatic rings. The zero-order chi connectivity index (χ0) is 21.3. The van der Waals surface area contributed by atoms with Crippen LogP contribution >= 0.6 is 35.4 Å². The van der Waals surface area contributed by atoms with Crippen LogP contribution in [0.25, 0.3) is 0 Å². The molecule has 0 radical (unpaired) electrons. The smallest absolute Gasteiger partial charge is 0.226 e. The molecule has 1 amide bonds. The van der Waals surface area contributed by atoms with Crippen molar-refractivity contribution in [2.75, 3.05) is 6.61 Å². The normalized spacial score (nSPS) is 18.1. The molecule has 2 aliphatic carbocycles. The minimum atomic E-state index is -0.0394. The van der Waals surface area contributed by atoms with E-state index in [1.165, 1.54) is 64.2 Å². The van der Waals surface area contributed by atoms with Gasteiger partial charge in [0.2, 0.25) is 5.91 Å². The van der Waals surface area contributed by atoms with E-state index in [1.54, 1.807) is 18.2 Å². The van der Waals surface area contributed by atoms with Gasteiger partial charge in [0.05, 0.1) is 11.6 Å². The van der Waals surface area contributed by atoms with Gasteiger partial charge in [0.1, 0.15) is 5.75 Å². The lowest BCUT2D eigenvalue weighted by Gasteiger charge is -2.43.